The van der Waals surface area contributed by atoms with Crippen LogP contribution in [0.2, 0.25) is 0 Å². The standard InChI is InChI=1S/C18H34O5/c1-4-6-7-15(5-2)22-17(21-14-20-13-12-19-3)18-10-8-16(23-18)9-11-18/h15-17H,4-14H2,1-3H3/t15-,16-,17?,18+/m0/s1. The van der Waals surface area contributed by atoms with Crippen LogP contribution in [-0.4, -0.2) is 51.2 Å². The minimum atomic E-state index is -0.320. The number of ether oxygens (including phenoxy) is 5. The molecule has 23 heavy (non-hydrogen) atoms. The Kier molecular flexibility index (Phi) is 8.27. The molecule has 1 unspecified atom stereocenters. The number of rotatable bonds is 13. The van der Waals surface area contributed by atoms with E-state index in [1.165, 1.54) is 12.8 Å². The van der Waals surface area contributed by atoms with Crippen molar-refractivity contribution in [3.63, 3.8) is 0 Å². The van der Waals surface area contributed by atoms with Gasteiger partial charge in [0.15, 0.2) is 6.29 Å². The zero-order chi connectivity index (χ0) is 16.5. The lowest BCUT2D eigenvalue weighted by atomic mass is 9.88. The van der Waals surface area contributed by atoms with Gasteiger partial charge in [-0.2, -0.15) is 0 Å². The Hall–Kier alpha value is -0.200. The van der Waals surface area contributed by atoms with E-state index < -0.39 is 0 Å². The molecule has 0 aliphatic carbocycles. The molecule has 2 saturated heterocycles. The smallest absolute Gasteiger partial charge is 0.189 e. The van der Waals surface area contributed by atoms with Crippen molar-refractivity contribution in [3.05, 3.63) is 0 Å². The maximum Gasteiger partial charge on any atom is 0.189 e. The van der Waals surface area contributed by atoms with Crippen molar-refractivity contribution in [2.45, 2.75) is 89.3 Å². The van der Waals surface area contributed by atoms with Gasteiger partial charge < -0.3 is 23.7 Å². The molecule has 136 valence electrons. The van der Waals surface area contributed by atoms with Crippen LogP contribution in [0.15, 0.2) is 0 Å². The molecule has 2 atom stereocenters. The Morgan fingerprint density at radius 2 is 1.96 bits per heavy atom. The van der Waals surface area contributed by atoms with Gasteiger partial charge in [0.1, 0.15) is 12.4 Å². The van der Waals surface area contributed by atoms with Crippen LogP contribution < -0.4 is 0 Å². The molecule has 5 nitrogen and oxygen atoms in total. The zero-order valence-electron chi connectivity index (χ0n) is 15.1. The van der Waals surface area contributed by atoms with Crippen LogP contribution in [0.3, 0.4) is 0 Å². The van der Waals surface area contributed by atoms with E-state index in [1.807, 2.05) is 0 Å². The SMILES string of the molecule is CCCC[C@H](CC)OC(OCOCCOC)[C@]12CC[C@H](CC1)O2. The molecule has 0 aromatic heterocycles. The highest BCUT2D eigenvalue weighted by Crippen LogP contribution is 2.47. The van der Waals surface area contributed by atoms with E-state index in [0.29, 0.717) is 19.3 Å². The Morgan fingerprint density at radius 1 is 1.17 bits per heavy atom. The van der Waals surface area contributed by atoms with Gasteiger partial charge in [-0.25, -0.2) is 0 Å². The van der Waals surface area contributed by atoms with Crippen LogP contribution in [0.25, 0.3) is 0 Å². The van der Waals surface area contributed by atoms with Crippen molar-refractivity contribution in [2.24, 2.45) is 0 Å². The average molecular weight is 330 g/mol. The van der Waals surface area contributed by atoms with Crippen molar-refractivity contribution in [1.82, 2.24) is 0 Å². The third-order valence-corrected chi connectivity index (χ3v) is 5.00. The summed E-state index contributed by atoms with van der Waals surface area (Å²) in [6.45, 7) is 5.73. The molecule has 2 bridgehead atoms. The molecule has 0 N–H and O–H groups in total. The summed E-state index contributed by atoms with van der Waals surface area (Å²) >= 11 is 0. The maximum atomic E-state index is 6.35. The van der Waals surface area contributed by atoms with Crippen LogP contribution >= 0.6 is 0 Å². The minimum absolute atomic E-state index is 0.230. The first kappa shape index (κ1) is 19.1. The summed E-state index contributed by atoms with van der Waals surface area (Å²) in [6, 6.07) is 0. The summed E-state index contributed by atoms with van der Waals surface area (Å²) in [5.41, 5.74) is -0.255. The van der Waals surface area contributed by atoms with Crippen molar-refractivity contribution in [3.8, 4) is 0 Å². The van der Waals surface area contributed by atoms with Gasteiger partial charge in [-0.15, -0.1) is 0 Å². The monoisotopic (exact) mass is 330 g/mol. The normalized spacial score (nSPS) is 29.1. The second kappa shape index (κ2) is 9.94. The fraction of sp³-hybridized carbons (Fsp3) is 1.00. The number of methoxy groups -OCH3 is 1. The summed E-state index contributed by atoms with van der Waals surface area (Å²) in [4.78, 5) is 0. The lowest BCUT2D eigenvalue weighted by Gasteiger charge is -2.36. The van der Waals surface area contributed by atoms with Gasteiger partial charge in [-0.3, -0.25) is 0 Å². The zero-order valence-corrected chi connectivity index (χ0v) is 15.1. The Labute approximate surface area is 140 Å². The van der Waals surface area contributed by atoms with Gasteiger partial charge in [-0.1, -0.05) is 26.7 Å². The molecule has 0 spiro atoms. The molecule has 0 aromatic carbocycles. The van der Waals surface area contributed by atoms with Crippen LogP contribution in [-0.2, 0) is 23.7 Å². The van der Waals surface area contributed by atoms with E-state index in [9.17, 15) is 0 Å². The Morgan fingerprint density at radius 3 is 2.52 bits per heavy atom. The Balaban J connectivity index is 1.88. The molecule has 0 radical (unpaired) electrons. The number of unbranched alkanes of at least 4 members (excludes halogenated alkanes) is 1. The molecule has 2 fully saturated rings. The molecule has 0 amide bonds. The fourth-order valence-electron chi connectivity index (χ4n) is 3.54. The van der Waals surface area contributed by atoms with E-state index in [0.717, 1.165) is 38.5 Å². The van der Waals surface area contributed by atoms with E-state index in [4.69, 9.17) is 23.7 Å². The molecule has 2 rings (SSSR count). The van der Waals surface area contributed by atoms with E-state index in [-0.39, 0.29) is 24.8 Å². The van der Waals surface area contributed by atoms with Gasteiger partial charge in [0.25, 0.3) is 0 Å². The lowest BCUT2D eigenvalue weighted by Crippen LogP contribution is -2.45. The molecule has 2 aliphatic heterocycles. The predicted octanol–water partition coefficient (Wildman–Crippen LogP) is 3.65. The fourth-order valence-corrected chi connectivity index (χ4v) is 3.54. The molecule has 2 aliphatic rings. The molecule has 0 aromatic rings. The maximum absolute atomic E-state index is 6.35. The van der Waals surface area contributed by atoms with Crippen molar-refractivity contribution >= 4 is 0 Å². The Bertz CT molecular complexity index is 315. The molecule has 2 heterocycles. The van der Waals surface area contributed by atoms with Gasteiger partial charge >= 0.3 is 0 Å². The summed E-state index contributed by atoms with van der Waals surface area (Å²) in [5, 5.41) is 0. The van der Waals surface area contributed by atoms with Crippen LogP contribution in [0.1, 0.15) is 65.2 Å². The quantitative estimate of drug-likeness (QED) is 0.381. The molecular weight excluding hydrogens is 296 g/mol. The van der Waals surface area contributed by atoms with Gasteiger partial charge in [-0.05, 0) is 38.5 Å². The van der Waals surface area contributed by atoms with Gasteiger partial charge in [0, 0.05) is 7.11 Å². The van der Waals surface area contributed by atoms with Crippen LogP contribution in [0.4, 0.5) is 0 Å². The predicted molar refractivity (Wildman–Crippen MR) is 88.3 cm³/mol. The summed E-state index contributed by atoms with van der Waals surface area (Å²) in [6.07, 6.45) is 9.08. The average Bonchev–Trinajstić information content (AvgIpc) is 3.18. The van der Waals surface area contributed by atoms with Crippen molar-refractivity contribution in [1.29, 1.82) is 0 Å². The third kappa shape index (κ3) is 5.40. The molecule has 5 heteroatoms. The van der Waals surface area contributed by atoms with E-state index in [1.54, 1.807) is 7.11 Å². The van der Waals surface area contributed by atoms with Gasteiger partial charge in [0.2, 0.25) is 0 Å². The van der Waals surface area contributed by atoms with E-state index in [2.05, 4.69) is 13.8 Å². The minimum Gasteiger partial charge on any atom is -0.382 e. The molecular formula is C18H34O5. The highest BCUT2D eigenvalue weighted by atomic mass is 16.8. The number of hydrogen-bond acceptors (Lipinski definition) is 5. The largest absolute Gasteiger partial charge is 0.382 e. The van der Waals surface area contributed by atoms with E-state index >= 15 is 0 Å². The summed E-state index contributed by atoms with van der Waals surface area (Å²) < 4.78 is 29.0. The third-order valence-electron chi connectivity index (χ3n) is 5.00. The highest BCUT2D eigenvalue weighted by Gasteiger charge is 2.53. The topological polar surface area (TPSA) is 46.2 Å². The second-order valence-corrected chi connectivity index (χ2v) is 6.71. The number of fused-ring (bicyclic) bond motifs is 2. The number of hydrogen-bond donors (Lipinski definition) is 0. The van der Waals surface area contributed by atoms with Crippen LogP contribution in [0, 0.1) is 0 Å². The summed E-state index contributed by atoms with van der Waals surface area (Å²) in [7, 11) is 1.67. The van der Waals surface area contributed by atoms with Gasteiger partial charge in [0.05, 0.1) is 25.4 Å². The summed E-state index contributed by atoms with van der Waals surface area (Å²) in [5.74, 6) is 0. The lowest BCUT2D eigenvalue weighted by molar-refractivity contribution is -0.280. The first-order valence-corrected chi connectivity index (χ1v) is 9.25. The molecule has 0 saturated carbocycles. The van der Waals surface area contributed by atoms with Crippen molar-refractivity contribution < 1.29 is 23.7 Å². The highest BCUT2D eigenvalue weighted by molar-refractivity contribution is 4.98. The van der Waals surface area contributed by atoms with Crippen LogP contribution in [0.5, 0.6) is 0 Å². The first-order valence-electron chi connectivity index (χ1n) is 9.25. The van der Waals surface area contributed by atoms with Crippen molar-refractivity contribution in [2.75, 3.05) is 27.1 Å². The first-order chi connectivity index (χ1) is 11.2. The second-order valence-electron chi connectivity index (χ2n) is 6.71.